The first kappa shape index (κ1) is 25.5. The van der Waals surface area contributed by atoms with Crippen molar-refractivity contribution >= 4 is 40.7 Å². The molecule has 1 aliphatic rings. The van der Waals surface area contributed by atoms with E-state index in [9.17, 15) is 14.7 Å². The second kappa shape index (κ2) is 11.5. The molecule has 3 N–H and O–H groups in total. The van der Waals surface area contributed by atoms with Crippen LogP contribution in [-0.2, 0) is 16.1 Å². The molecule has 188 valence electrons. The number of carboxylic acid groups (broad SMARTS) is 1. The maximum atomic E-state index is 12.9. The van der Waals surface area contributed by atoms with E-state index in [1.807, 2.05) is 73.7 Å². The van der Waals surface area contributed by atoms with Crippen molar-refractivity contribution < 1.29 is 19.4 Å². The van der Waals surface area contributed by atoms with Gasteiger partial charge in [0.05, 0.1) is 23.9 Å². The average Bonchev–Trinajstić information content (AvgIpc) is 3.66. The molecule has 1 fully saturated rings. The lowest BCUT2D eigenvalue weighted by Crippen LogP contribution is -2.29. The van der Waals surface area contributed by atoms with Crippen molar-refractivity contribution in [3.63, 3.8) is 0 Å². The zero-order chi connectivity index (χ0) is 25.7. The summed E-state index contributed by atoms with van der Waals surface area (Å²) in [6.07, 6.45) is 0.599. The maximum absolute atomic E-state index is 12.9. The Morgan fingerprint density at radius 1 is 1.06 bits per heavy atom. The molecule has 4 rings (SSSR count). The number of rotatable bonds is 10. The van der Waals surface area contributed by atoms with Crippen molar-refractivity contribution in [2.24, 2.45) is 5.92 Å². The summed E-state index contributed by atoms with van der Waals surface area (Å²) in [6, 6.07) is 20.6. The summed E-state index contributed by atoms with van der Waals surface area (Å²) in [4.78, 5) is 26.5. The minimum Gasteiger partial charge on any atom is -0.481 e. The largest absolute Gasteiger partial charge is 0.481 e. The van der Waals surface area contributed by atoms with Gasteiger partial charge in [0.1, 0.15) is 0 Å². The summed E-state index contributed by atoms with van der Waals surface area (Å²) in [5, 5.41) is 15.9. The van der Waals surface area contributed by atoms with Crippen molar-refractivity contribution in [1.29, 1.82) is 0 Å². The van der Waals surface area contributed by atoms with Crippen LogP contribution in [0.4, 0.5) is 21.9 Å². The van der Waals surface area contributed by atoms with E-state index < -0.39 is 5.97 Å². The molecule has 2 atom stereocenters. The van der Waals surface area contributed by atoms with Crippen LogP contribution in [-0.4, -0.2) is 37.4 Å². The Bertz CT molecular complexity index is 1210. The first-order chi connectivity index (χ1) is 17.3. The van der Waals surface area contributed by atoms with Crippen molar-refractivity contribution in [3.05, 3.63) is 88.4 Å². The zero-order valence-electron chi connectivity index (χ0n) is 20.3. The highest BCUT2D eigenvalue weighted by Gasteiger charge is 2.44. The van der Waals surface area contributed by atoms with Gasteiger partial charge in [0, 0.05) is 30.9 Å². The highest BCUT2D eigenvalue weighted by atomic mass is 35.5. The molecule has 1 saturated carbocycles. The number of aryl methyl sites for hydroxylation is 1. The third kappa shape index (κ3) is 6.56. The fraction of sp³-hybridized carbons (Fsp3) is 0.286. The third-order valence-corrected chi connectivity index (χ3v) is 6.56. The Balaban J connectivity index is 1.63. The molecule has 0 aromatic heterocycles. The smallest absolute Gasteiger partial charge is 0.323 e. The number of carbonyl (C=O) groups excluding carboxylic acids is 1. The summed E-state index contributed by atoms with van der Waals surface area (Å²) in [5.74, 6) is -1.23. The van der Waals surface area contributed by atoms with Crippen LogP contribution in [0.3, 0.4) is 0 Å². The number of nitrogens with zero attached hydrogens (tertiary/aromatic N) is 1. The highest BCUT2D eigenvalue weighted by Crippen LogP contribution is 2.49. The number of ether oxygens (including phenoxy) is 1. The molecule has 1 aliphatic carbocycles. The first-order valence-electron chi connectivity index (χ1n) is 11.8. The molecule has 7 nitrogen and oxygen atoms in total. The number of urea groups is 1. The van der Waals surface area contributed by atoms with E-state index in [0.29, 0.717) is 42.5 Å². The van der Waals surface area contributed by atoms with Gasteiger partial charge >= 0.3 is 12.0 Å². The van der Waals surface area contributed by atoms with E-state index in [1.165, 1.54) is 0 Å². The summed E-state index contributed by atoms with van der Waals surface area (Å²) < 4.78 is 5.34. The molecule has 0 bridgehead atoms. The lowest BCUT2D eigenvalue weighted by molar-refractivity contribution is -0.138. The van der Waals surface area contributed by atoms with Gasteiger partial charge in [-0.3, -0.25) is 4.79 Å². The van der Waals surface area contributed by atoms with Crippen LogP contribution in [0.5, 0.6) is 0 Å². The first-order valence-corrected chi connectivity index (χ1v) is 12.2. The monoisotopic (exact) mass is 507 g/mol. The molecule has 36 heavy (non-hydrogen) atoms. The molecule has 0 heterocycles. The Hall–Kier alpha value is -3.55. The van der Waals surface area contributed by atoms with Gasteiger partial charge in [-0.25, -0.2) is 4.79 Å². The van der Waals surface area contributed by atoms with Crippen LogP contribution in [0.15, 0.2) is 66.7 Å². The number of hydrogen-bond donors (Lipinski definition) is 3. The van der Waals surface area contributed by atoms with Gasteiger partial charge in [0.25, 0.3) is 0 Å². The molecule has 0 saturated heterocycles. The van der Waals surface area contributed by atoms with Gasteiger partial charge < -0.3 is 25.4 Å². The number of benzene rings is 3. The Labute approximate surface area is 216 Å². The normalized spacial score (nSPS) is 16.3. The van der Waals surface area contributed by atoms with Crippen LogP contribution in [0.1, 0.15) is 29.0 Å². The standard InChI is InChI=1S/C28H30ClN3O4/c1-18-3-10-22(11-4-18)30-28(35)31-25-15-20(23-16-24(23)27(33)34)7-12-26(25)32(13-14-36-2)17-19-5-8-21(29)9-6-19/h3-12,15,23-24H,13-14,16-17H2,1-2H3,(H,33,34)(H2,30,31,35)/t23-,24-/m1/s1. The molecule has 2 amide bonds. The van der Waals surface area contributed by atoms with E-state index >= 15 is 0 Å². The molecule has 0 aliphatic heterocycles. The second-order valence-corrected chi connectivity index (χ2v) is 9.49. The number of aliphatic carboxylic acids is 1. The molecule has 0 unspecified atom stereocenters. The van der Waals surface area contributed by atoms with Gasteiger partial charge in [-0.1, -0.05) is 47.5 Å². The maximum Gasteiger partial charge on any atom is 0.323 e. The van der Waals surface area contributed by atoms with Crippen molar-refractivity contribution in [3.8, 4) is 0 Å². The van der Waals surface area contributed by atoms with Gasteiger partial charge in [-0.2, -0.15) is 0 Å². The number of hydrogen-bond acceptors (Lipinski definition) is 4. The summed E-state index contributed by atoms with van der Waals surface area (Å²) >= 11 is 6.06. The lowest BCUT2D eigenvalue weighted by atomic mass is 10.1. The molecular weight excluding hydrogens is 478 g/mol. The van der Waals surface area contributed by atoms with Gasteiger partial charge in [-0.05, 0) is 66.8 Å². The topological polar surface area (TPSA) is 90.9 Å². The van der Waals surface area contributed by atoms with Crippen LogP contribution in [0, 0.1) is 12.8 Å². The fourth-order valence-corrected chi connectivity index (χ4v) is 4.34. The van der Waals surface area contributed by atoms with E-state index in [2.05, 4.69) is 15.5 Å². The SMILES string of the molecule is COCCN(Cc1ccc(Cl)cc1)c1ccc([C@H]2C[C@H]2C(=O)O)cc1NC(=O)Nc1ccc(C)cc1. The number of carbonyl (C=O) groups is 2. The quantitative estimate of drug-likeness (QED) is 0.307. The highest BCUT2D eigenvalue weighted by molar-refractivity contribution is 6.30. The predicted molar refractivity (Wildman–Crippen MR) is 143 cm³/mol. The Morgan fingerprint density at radius 3 is 2.42 bits per heavy atom. The van der Waals surface area contributed by atoms with Gasteiger partial charge in [-0.15, -0.1) is 0 Å². The minimum absolute atomic E-state index is 0.0547. The zero-order valence-corrected chi connectivity index (χ0v) is 21.1. The van der Waals surface area contributed by atoms with E-state index in [4.69, 9.17) is 16.3 Å². The van der Waals surface area contributed by atoms with Gasteiger partial charge in [0.2, 0.25) is 0 Å². The summed E-state index contributed by atoms with van der Waals surface area (Å²) in [6.45, 7) is 3.65. The predicted octanol–water partition coefficient (Wildman–Crippen LogP) is 6.13. The van der Waals surface area contributed by atoms with Crippen LogP contribution in [0.2, 0.25) is 5.02 Å². The molecule has 8 heteroatoms. The summed E-state index contributed by atoms with van der Waals surface area (Å²) in [5.41, 5.74) is 5.17. The van der Waals surface area contributed by atoms with Crippen LogP contribution < -0.4 is 15.5 Å². The minimum atomic E-state index is -0.792. The Morgan fingerprint density at radius 2 is 1.78 bits per heavy atom. The van der Waals surface area contributed by atoms with E-state index in [0.717, 1.165) is 22.4 Å². The van der Waals surface area contributed by atoms with Crippen molar-refractivity contribution in [2.75, 3.05) is 35.8 Å². The number of amides is 2. The molecular formula is C28H30ClN3O4. The molecule has 3 aromatic carbocycles. The van der Waals surface area contributed by atoms with Crippen molar-refractivity contribution in [1.82, 2.24) is 0 Å². The number of methoxy groups -OCH3 is 1. The van der Waals surface area contributed by atoms with Crippen molar-refractivity contribution in [2.45, 2.75) is 25.8 Å². The lowest BCUT2D eigenvalue weighted by Gasteiger charge is -2.28. The molecule has 0 radical (unpaired) electrons. The molecule has 0 spiro atoms. The van der Waals surface area contributed by atoms with Crippen LogP contribution >= 0.6 is 11.6 Å². The number of nitrogens with one attached hydrogen (secondary N) is 2. The van der Waals surface area contributed by atoms with Gasteiger partial charge in [0.15, 0.2) is 0 Å². The second-order valence-electron chi connectivity index (χ2n) is 9.05. The third-order valence-electron chi connectivity index (χ3n) is 6.31. The number of anilines is 3. The van der Waals surface area contributed by atoms with E-state index in [1.54, 1.807) is 7.11 Å². The molecule has 3 aromatic rings. The summed E-state index contributed by atoms with van der Waals surface area (Å²) in [7, 11) is 1.65. The van der Waals surface area contributed by atoms with Crippen LogP contribution in [0.25, 0.3) is 0 Å². The fourth-order valence-electron chi connectivity index (χ4n) is 4.21. The Kier molecular flexibility index (Phi) is 8.13. The number of halogens is 1. The average molecular weight is 508 g/mol. The van der Waals surface area contributed by atoms with E-state index in [-0.39, 0.29) is 17.9 Å². The number of carboxylic acids is 1.